The molecule has 0 saturated carbocycles. The molecule has 2 aliphatic rings. The molecule has 0 radical (unpaired) electrons. The van der Waals surface area contributed by atoms with Crippen molar-refractivity contribution in [2.45, 2.75) is 53.4 Å². The third-order valence-corrected chi connectivity index (χ3v) is 8.26. The van der Waals surface area contributed by atoms with Gasteiger partial charge in [-0.25, -0.2) is 9.97 Å². The molecule has 0 spiro atoms. The number of aromatic nitrogens is 4. The third kappa shape index (κ3) is 5.53. The molecule has 0 atom stereocenters. The van der Waals surface area contributed by atoms with Crippen molar-refractivity contribution in [3.05, 3.63) is 82.1 Å². The van der Waals surface area contributed by atoms with Crippen LogP contribution >= 0.6 is 0 Å². The topological polar surface area (TPSA) is 152 Å². The second-order valence-electron chi connectivity index (χ2n) is 10.8. The summed E-state index contributed by atoms with van der Waals surface area (Å²) in [5, 5.41) is 28.6. The molecule has 9 heteroatoms. The fourth-order valence-corrected chi connectivity index (χ4v) is 5.79. The summed E-state index contributed by atoms with van der Waals surface area (Å²) in [4.78, 5) is 39.9. The number of nitrogens with zero attached hydrogens (tertiary/aromatic N) is 2. The first-order valence-corrected chi connectivity index (χ1v) is 14.1. The molecule has 0 saturated heterocycles. The zero-order chi connectivity index (χ0) is 31.0. The Labute approximate surface area is 248 Å². The highest BCUT2D eigenvalue weighted by molar-refractivity contribution is 5.97. The third-order valence-electron chi connectivity index (χ3n) is 8.26. The summed E-state index contributed by atoms with van der Waals surface area (Å²) in [6, 6.07) is 7.71. The highest BCUT2D eigenvalue weighted by Crippen LogP contribution is 2.38. The van der Waals surface area contributed by atoms with Crippen LogP contribution in [0.5, 0.6) is 0 Å². The van der Waals surface area contributed by atoms with Crippen LogP contribution in [0.25, 0.3) is 56.5 Å². The van der Waals surface area contributed by atoms with Crippen LogP contribution in [0.1, 0.15) is 84.6 Å². The van der Waals surface area contributed by atoms with E-state index >= 15 is 0 Å². The summed E-state index contributed by atoms with van der Waals surface area (Å²) in [6.07, 6.45) is 4.88. The number of carboxylic acids is 2. The number of hydrogen-bond acceptors (Lipinski definition) is 5. The molecule has 0 fully saturated rings. The van der Waals surface area contributed by atoms with Gasteiger partial charge in [0.1, 0.15) is 0 Å². The molecule has 43 heavy (non-hydrogen) atoms. The number of hydrogen-bond donors (Lipinski definition) is 5. The van der Waals surface area contributed by atoms with Crippen molar-refractivity contribution >= 4 is 68.4 Å². The lowest BCUT2D eigenvalue weighted by molar-refractivity contribution is -0.137. The van der Waals surface area contributed by atoms with Crippen LogP contribution in [-0.4, -0.2) is 47.2 Å². The fourth-order valence-electron chi connectivity index (χ4n) is 5.79. The highest BCUT2D eigenvalue weighted by atomic mass is 16.4. The van der Waals surface area contributed by atoms with E-state index in [0.717, 1.165) is 72.9 Å². The molecule has 8 bridgehead atoms. The Bertz CT molecular complexity index is 1950. The molecule has 5 N–H and O–H groups in total. The molecule has 0 unspecified atom stereocenters. The SMILES string of the molecule is C=Cc1c(C)c2cc3nc(cc4nc(cc5[nH]c(cc1[nH]2)c(C)c5/C=C/O)C(C)=C4CCC(=O)O)C(CCC(=O)O)=C3C. The molecular formula is C34H34N4O5. The Morgan fingerprint density at radius 3 is 1.67 bits per heavy atom. The van der Waals surface area contributed by atoms with Gasteiger partial charge < -0.3 is 25.3 Å². The van der Waals surface area contributed by atoms with Crippen molar-refractivity contribution < 1.29 is 24.9 Å². The van der Waals surface area contributed by atoms with Gasteiger partial charge in [0.2, 0.25) is 0 Å². The number of rotatable bonds is 8. The summed E-state index contributed by atoms with van der Waals surface area (Å²) in [5.41, 5.74) is 12.8. The monoisotopic (exact) mass is 578 g/mol. The van der Waals surface area contributed by atoms with E-state index in [1.54, 1.807) is 6.08 Å². The van der Waals surface area contributed by atoms with Crippen molar-refractivity contribution in [2.24, 2.45) is 0 Å². The Morgan fingerprint density at radius 1 is 0.721 bits per heavy atom. The summed E-state index contributed by atoms with van der Waals surface area (Å²) in [5.74, 6) is -1.81. The van der Waals surface area contributed by atoms with Crippen LogP contribution in [0.15, 0.2) is 37.1 Å². The van der Waals surface area contributed by atoms with Gasteiger partial charge >= 0.3 is 11.9 Å². The van der Waals surface area contributed by atoms with Gasteiger partial charge in [-0.15, -0.1) is 0 Å². The van der Waals surface area contributed by atoms with Gasteiger partial charge in [-0.1, -0.05) is 12.7 Å². The van der Waals surface area contributed by atoms with Gasteiger partial charge in [-0.3, -0.25) is 9.59 Å². The minimum atomic E-state index is -0.910. The number of aliphatic carboxylic acids is 2. The second kappa shape index (κ2) is 11.6. The molecule has 0 amide bonds. The Morgan fingerprint density at radius 2 is 1.19 bits per heavy atom. The van der Waals surface area contributed by atoms with E-state index in [2.05, 4.69) is 16.5 Å². The standard InChI is InChI=1S/C34H34N4O5/c1-6-21-17(2)25-13-26-18(3)22(7-9-33(40)41)31(36-26)16-32-23(8-10-34(42)43)19(4)28(38-32)15-30-24(11-12-39)20(5)27(37-30)14-29(21)35-25/h6,11-16,35,37,39H,1,7-10H2,2-5H3,(H,40,41)(H,42,43)/b12-11+,25-13?,26-13?,27-14?,28-15?,29-14?,30-15?,31-16?,32-16?. The van der Waals surface area contributed by atoms with Crippen LogP contribution in [0.4, 0.5) is 0 Å². The number of allylic oxidation sites excluding steroid dienone is 4. The first kappa shape index (κ1) is 29.3. The van der Waals surface area contributed by atoms with E-state index in [1.807, 2.05) is 58.0 Å². The van der Waals surface area contributed by atoms with Gasteiger partial charge in [-0.2, -0.15) is 0 Å². The lowest BCUT2D eigenvalue weighted by Crippen LogP contribution is -1.97. The summed E-state index contributed by atoms with van der Waals surface area (Å²) >= 11 is 0. The zero-order valence-electron chi connectivity index (χ0n) is 24.6. The van der Waals surface area contributed by atoms with Gasteiger partial charge in [0.05, 0.1) is 29.0 Å². The van der Waals surface area contributed by atoms with Gasteiger partial charge in [-0.05, 0) is 104 Å². The first-order chi connectivity index (χ1) is 20.5. The normalized spacial score (nSPS) is 13.3. The maximum absolute atomic E-state index is 11.5. The van der Waals surface area contributed by atoms with Crippen molar-refractivity contribution in [1.29, 1.82) is 0 Å². The van der Waals surface area contributed by atoms with E-state index in [4.69, 9.17) is 9.97 Å². The second-order valence-corrected chi connectivity index (χ2v) is 10.8. The average Bonchev–Trinajstić information content (AvgIpc) is 3.61. The Hall–Kier alpha value is -5.18. The van der Waals surface area contributed by atoms with E-state index in [1.165, 1.54) is 0 Å². The molecule has 3 aromatic rings. The lowest BCUT2D eigenvalue weighted by Gasteiger charge is -2.05. The molecule has 0 aromatic carbocycles. The molecule has 5 rings (SSSR count). The average molecular weight is 579 g/mol. The van der Waals surface area contributed by atoms with E-state index in [-0.39, 0.29) is 19.3 Å². The maximum atomic E-state index is 11.5. The molecule has 9 nitrogen and oxygen atoms in total. The number of aliphatic hydroxyl groups is 1. The molecular weight excluding hydrogens is 544 g/mol. The smallest absolute Gasteiger partial charge is 0.303 e. The predicted molar refractivity (Wildman–Crippen MR) is 171 cm³/mol. The van der Waals surface area contributed by atoms with Crippen LogP contribution in [0.2, 0.25) is 0 Å². The van der Waals surface area contributed by atoms with Gasteiger partial charge in [0.15, 0.2) is 0 Å². The molecule has 0 aliphatic carbocycles. The number of carboxylic acid groups (broad SMARTS) is 2. The molecule has 5 heterocycles. The number of aliphatic hydroxyl groups excluding tert-OH is 1. The van der Waals surface area contributed by atoms with Crippen molar-refractivity contribution in [1.82, 2.24) is 19.9 Å². The summed E-state index contributed by atoms with van der Waals surface area (Å²) in [7, 11) is 0. The largest absolute Gasteiger partial charge is 0.516 e. The predicted octanol–water partition coefficient (Wildman–Crippen LogP) is 7.69. The fraction of sp³-hybridized carbons (Fsp3) is 0.235. The minimum Gasteiger partial charge on any atom is -0.516 e. The van der Waals surface area contributed by atoms with E-state index in [0.29, 0.717) is 29.2 Å². The maximum Gasteiger partial charge on any atom is 0.303 e. The summed E-state index contributed by atoms with van der Waals surface area (Å²) in [6.45, 7) is 11.9. The van der Waals surface area contributed by atoms with Crippen LogP contribution < -0.4 is 0 Å². The van der Waals surface area contributed by atoms with E-state index < -0.39 is 11.9 Å². The molecule has 2 aliphatic heterocycles. The number of fused-ring (bicyclic) bond motifs is 8. The minimum absolute atomic E-state index is 0.0537. The highest BCUT2D eigenvalue weighted by Gasteiger charge is 2.22. The first-order valence-electron chi connectivity index (χ1n) is 14.1. The van der Waals surface area contributed by atoms with E-state index in [9.17, 15) is 24.9 Å². The van der Waals surface area contributed by atoms with Crippen LogP contribution in [0, 0.1) is 13.8 Å². The van der Waals surface area contributed by atoms with Gasteiger partial charge in [0, 0.05) is 46.0 Å². The van der Waals surface area contributed by atoms with Crippen molar-refractivity contribution in [3.63, 3.8) is 0 Å². The zero-order valence-corrected chi connectivity index (χ0v) is 24.6. The lowest BCUT2D eigenvalue weighted by atomic mass is 9.98. The number of carbonyl (C=O) groups is 2. The van der Waals surface area contributed by atoms with Crippen LogP contribution in [0.3, 0.4) is 0 Å². The number of nitrogens with one attached hydrogen (secondary N) is 2. The molecule has 3 aromatic heterocycles. The van der Waals surface area contributed by atoms with Gasteiger partial charge in [0.25, 0.3) is 0 Å². The van der Waals surface area contributed by atoms with Crippen molar-refractivity contribution in [2.75, 3.05) is 0 Å². The summed E-state index contributed by atoms with van der Waals surface area (Å²) < 4.78 is 0. The Balaban J connectivity index is 1.94. The van der Waals surface area contributed by atoms with Crippen LogP contribution in [-0.2, 0) is 9.59 Å². The number of aryl methyl sites for hydroxylation is 2. The quantitative estimate of drug-likeness (QED) is 0.172. The number of aromatic amines is 2. The molecule has 220 valence electrons. The number of H-pyrrole nitrogens is 2. The Kier molecular flexibility index (Phi) is 7.91. The van der Waals surface area contributed by atoms with Crippen molar-refractivity contribution in [3.8, 4) is 0 Å².